The molecule has 1 aromatic carbocycles. The molecule has 0 atom stereocenters. The van der Waals surface area contributed by atoms with Crippen molar-refractivity contribution in [2.75, 3.05) is 10.6 Å². The van der Waals surface area contributed by atoms with E-state index in [1.807, 2.05) is 33.8 Å². The molecule has 1 aromatic heterocycles. The summed E-state index contributed by atoms with van der Waals surface area (Å²) >= 11 is 0. The quantitative estimate of drug-likeness (QED) is 0.909. The summed E-state index contributed by atoms with van der Waals surface area (Å²) in [6.45, 7) is 7.30. The summed E-state index contributed by atoms with van der Waals surface area (Å²) in [7, 11) is 0. The first-order valence-electron chi connectivity index (χ1n) is 7.39. The lowest BCUT2D eigenvalue weighted by molar-refractivity contribution is -0.118. The Balaban J connectivity index is 2.14. The van der Waals surface area contributed by atoms with Crippen LogP contribution >= 0.6 is 0 Å². The first-order chi connectivity index (χ1) is 10.8. The van der Waals surface area contributed by atoms with Crippen LogP contribution in [0.5, 0.6) is 0 Å². The summed E-state index contributed by atoms with van der Waals surface area (Å²) in [5.74, 6) is -0.281. The largest absolute Gasteiger partial charge is 0.326 e. The number of nitrogens with one attached hydrogen (secondary N) is 2. The number of carbonyl (C=O) groups excluding carboxylic acids is 2. The number of hydrogen-bond acceptors (Lipinski definition) is 4. The number of anilines is 2. The van der Waals surface area contributed by atoms with Gasteiger partial charge in [-0.15, -0.1) is 0 Å². The van der Waals surface area contributed by atoms with E-state index >= 15 is 0 Å². The van der Waals surface area contributed by atoms with Crippen molar-refractivity contribution >= 4 is 23.5 Å². The van der Waals surface area contributed by atoms with E-state index in [1.54, 1.807) is 24.3 Å². The summed E-state index contributed by atoms with van der Waals surface area (Å²) in [5, 5.41) is 5.44. The first kappa shape index (κ1) is 16.6. The fourth-order valence-corrected chi connectivity index (χ4v) is 1.98. The molecule has 2 aromatic rings. The van der Waals surface area contributed by atoms with Gasteiger partial charge in [0.2, 0.25) is 11.9 Å². The van der Waals surface area contributed by atoms with E-state index in [0.29, 0.717) is 11.3 Å². The maximum absolute atomic E-state index is 12.3. The van der Waals surface area contributed by atoms with Gasteiger partial charge in [0, 0.05) is 28.6 Å². The van der Waals surface area contributed by atoms with Crippen molar-refractivity contribution < 1.29 is 9.59 Å². The standard InChI is InChI=1S/C17H20N4O2/c1-10(2)15(22)20-14-7-5-6-13(9-14)16(23)21-17-18-11(3)8-12(4)19-17/h5-10H,1-4H3,(H,20,22)(H,18,19,21,23). The van der Waals surface area contributed by atoms with Crippen LogP contribution in [-0.2, 0) is 4.79 Å². The Hall–Kier alpha value is -2.76. The summed E-state index contributed by atoms with van der Waals surface area (Å²) < 4.78 is 0. The lowest BCUT2D eigenvalue weighted by Crippen LogP contribution is -2.19. The molecule has 2 rings (SSSR count). The topological polar surface area (TPSA) is 84.0 Å². The van der Waals surface area contributed by atoms with E-state index < -0.39 is 0 Å². The molecule has 2 N–H and O–H groups in total. The molecular formula is C17H20N4O2. The molecule has 6 nitrogen and oxygen atoms in total. The number of amides is 2. The Kier molecular flexibility index (Phi) is 5.05. The van der Waals surface area contributed by atoms with E-state index in [9.17, 15) is 9.59 Å². The van der Waals surface area contributed by atoms with Crippen LogP contribution in [0.25, 0.3) is 0 Å². The molecule has 1 heterocycles. The highest BCUT2D eigenvalue weighted by molar-refractivity contribution is 6.04. The van der Waals surface area contributed by atoms with Crippen molar-refractivity contribution in [2.45, 2.75) is 27.7 Å². The zero-order valence-electron chi connectivity index (χ0n) is 13.7. The highest BCUT2D eigenvalue weighted by Crippen LogP contribution is 2.13. The van der Waals surface area contributed by atoms with Gasteiger partial charge in [0.25, 0.3) is 5.91 Å². The molecule has 0 saturated carbocycles. The van der Waals surface area contributed by atoms with Crippen molar-refractivity contribution in [3.8, 4) is 0 Å². The number of carbonyl (C=O) groups is 2. The third-order valence-corrected chi connectivity index (χ3v) is 3.12. The SMILES string of the molecule is Cc1cc(C)nc(NC(=O)c2cccc(NC(=O)C(C)C)c2)n1. The molecule has 120 valence electrons. The highest BCUT2D eigenvalue weighted by Gasteiger charge is 2.11. The fraction of sp³-hybridized carbons (Fsp3) is 0.294. The zero-order chi connectivity index (χ0) is 17.0. The lowest BCUT2D eigenvalue weighted by Gasteiger charge is -2.09. The third-order valence-electron chi connectivity index (χ3n) is 3.12. The van der Waals surface area contributed by atoms with E-state index in [-0.39, 0.29) is 23.7 Å². The summed E-state index contributed by atoms with van der Waals surface area (Å²) in [6.07, 6.45) is 0. The average Bonchev–Trinajstić information content (AvgIpc) is 2.46. The molecule has 0 radical (unpaired) electrons. The monoisotopic (exact) mass is 312 g/mol. The van der Waals surface area contributed by atoms with Crippen LogP contribution in [-0.4, -0.2) is 21.8 Å². The molecule has 0 spiro atoms. The zero-order valence-corrected chi connectivity index (χ0v) is 13.7. The van der Waals surface area contributed by atoms with Crippen molar-refractivity contribution in [3.05, 3.63) is 47.3 Å². The van der Waals surface area contributed by atoms with Gasteiger partial charge in [-0.3, -0.25) is 14.9 Å². The van der Waals surface area contributed by atoms with Gasteiger partial charge in [-0.1, -0.05) is 19.9 Å². The van der Waals surface area contributed by atoms with Gasteiger partial charge in [0.05, 0.1) is 0 Å². The molecule has 6 heteroatoms. The maximum atomic E-state index is 12.3. The molecule has 0 bridgehead atoms. The van der Waals surface area contributed by atoms with Crippen molar-refractivity contribution in [2.24, 2.45) is 5.92 Å². The van der Waals surface area contributed by atoms with Gasteiger partial charge in [-0.2, -0.15) is 0 Å². The maximum Gasteiger partial charge on any atom is 0.258 e. The second-order valence-electron chi connectivity index (χ2n) is 5.65. The number of nitrogens with zero attached hydrogens (tertiary/aromatic N) is 2. The predicted molar refractivity (Wildman–Crippen MR) is 89.4 cm³/mol. The number of aromatic nitrogens is 2. The number of benzene rings is 1. The molecule has 0 unspecified atom stereocenters. The molecule has 0 aliphatic rings. The number of hydrogen-bond donors (Lipinski definition) is 2. The van der Waals surface area contributed by atoms with Crippen LogP contribution in [0.3, 0.4) is 0 Å². The Labute approximate surface area is 135 Å². The van der Waals surface area contributed by atoms with Crippen LogP contribution in [0.2, 0.25) is 0 Å². The minimum absolute atomic E-state index is 0.0970. The van der Waals surface area contributed by atoms with Crippen LogP contribution in [0, 0.1) is 19.8 Å². The second kappa shape index (κ2) is 7.00. The smallest absolute Gasteiger partial charge is 0.258 e. The predicted octanol–water partition coefficient (Wildman–Crippen LogP) is 2.94. The minimum Gasteiger partial charge on any atom is -0.326 e. The van der Waals surface area contributed by atoms with E-state index in [4.69, 9.17) is 0 Å². The van der Waals surface area contributed by atoms with Gasteiger partial charge in [0.15, 0.2) is 0 Å². The third kappa shape index (κ3) is 4.60. The van der Waals surface area contributed by atoms with Gasteiger partial charge in [0.1, 0.15) is 0 Å². The average molecular weight is 312 g/mol. The molecule has 0 aliphatic carbocycles. The van der Waals surface area contributed by atoms with Crippen LogP contribution < -0.4 is 10.6 Å². The normalized spacial score (nSPS) is 10.5. The number of rotatable bonds is 4. The Morgan fingerprint density at radius 1 is 1.00 bits per heavy atom. The van der Waals surface area contributed by atoms with Crippen LogP contribution in [0.15, 0.2) is 30.3 Å². The summed E-state index contributed by atoms with van der Waals surface area (Å²) in [5.41, 5.74) is 2.57. The molecular weight excluding hydrogens is 292 g/mol. The molecule has 0 saturated heterocycles. The Bertz CT molecular complexity index is 721. The minimum atomic E-state index is -0.323. The first-order valence-corrected chi connectivity index (χ1v) is 7.39. The number of aryl methyl sites for hydroxylation is 2. The molecule has 0 aliphatic heterocycles. The second-order valence-corrected chi connectivity index (χ2v) is 5.65. The van der Waals surface area contributed by atoms with Crippen molar-refractivity contribution in [3.63, 3.8) is 0 Å². The van der Waals surface area contributed by atoms with Gasteiger partial charge >= 0.3 is 0 Å². The van der Waals surface area contributed by atoms with Gasteiger partial charge < -0.3 is 5.32 Å². The van der Waals surface area contributed by atoms with E-state index in [0.717, 1.165) is 11.4 Å². The Morgan fingerprint density at radius 2 is 1.65 bits per heavy atom. The summed E-state index contributed by atoms with van der Waals surface area (Å²) in [4.78, 5) is 32.4. The molecule has 2 amide bonds. The Morgan fingerprint density at radius 3 is 2.26 bits per heavy atom. The summed E-state index contributed by atoms with van der Waals surface area (Å²) in [6, 6.07) is 8.58. The van der Waals surface area contributed by atoms with Crippen LogP contribution in [0.4, 0.5) is 11.6 Å². The van der Waals surface area contributed by atoms with Crippen molar-refractivity contribution in [1.29, 1.82) is 0 Å². The van der Waals surface area contributed by atoms with E-state index in [1.165, 1.54) is 0 Å². The lowest BCUT2D eigenvalue weighted by atomic mass is 10.1. The van der Waals surface area contributed by atoms with E-state index in [2.05, 4.69) is 20.6 Å². The van der Waals surface area contributed by atoms with Crippen molar-refractivity contribution in [1.82, 2.24) is 9.97 Å². The fourth-order valence-electron chi connectivity index (χ4n) is 1.98. The highest BCUT2D eigenvalue weighted by atomic mass is 16.2. The molecule has 23 heavy (non-hydrogen) atoms. The molecule has 0 fully saturated rings. The van der Waals surface area contributed by atoms with Gasteiger partial charge in [-0.05, 0) is 38.1 Å². The van der Waals surface area contributed by atoms with Crippen LogP contribution in [0.1, 0.15) is 35.6 Å². The van der Waals surface area contributed by atoms with Gasteiger partial charge in [-0.25, -0.2) is 9.97 Å².